The molecule has 0 atom stereocenters. The third-order valence-corrected chi connectivity index (χ3v) is 4.02. The summed E-state index contributed by atoms with van der Waals surface area (Å²) >= 11 is 10.4. The second-order valence-corrected chi connectivity index (χ2v) is 5.06. The van der Waals surface area contributed by atoms with Crippen LogP contribution in [0.5, 0.6) is 0 Å². The number of rotatable bonds is 1. The van der Waals surface area contributed by atoms with E-state index in [4.69, 9.17) is 16.7 Å². The molecule has 1 heterocycles. The Morgan fingerprint density at radius 3 is 2.79 bits per heavy atom. The number of carbonyl (C=O) groups is 1. The number of fused-ring (bicyclic) bond motifs is 1. The van der Waals surface area contributed by atoms with E-state index in [1.165, 1.54) is 11.3 Å². The van der Waals surface area contributed by atoms with Gasteiger partial charge in [-0.25, -0.2) is 4.79 Å². The zero-order valence-electron chi connectivity index (χ0n) is 6.75. The lowest BCUT2D eigenvalue weighted by molar-refractivity contribution is 0.0702. The number of halogens is 2. The van der Waals surface area contributed by atoms with E-state index in [2.05, 4.69) is 15.9 Å². The smallest absolute Gasteiger partial charge is 0.345 e. The van der Waals surface area contributed by atoms with E-state index in [-0.39, 0.29) is 0 Å². The average Bonchev–Trinajstić information content (AvgIpc) is 2.47. The molecule has 1 N–H and O–H groups in total. The highest BCUT2D eigenvalue weighted by molar-refractivity contribution is 9.10. The third-order valence-electron chi connectivity index (χ3n) is 1.75. The molecule has 0 aliphatic carbocycles. The van der Waals surface area contributed by atoms with Gasteiger partial charge in [0.2, 0.25) is 0 Å². The van der Waals surface area contributed by atoms with Crippen molar-refractivity contribution in [3.05, 3.63) is 32.6 Å². The zero-order chi connectivity index (χ0) is 10.3. The van der Waals surface area contributed by atoms with Crippen molar-refractivity contribution in [2.24, 2.45) is 0 Å². The standard InChI is InChI=1S/C9H4BrClO2S/c10-6-3-5(11)1-4-2-7(9(12)13)14-8(4)6/h1-3H,(H,12,13). The lowest BCUT2D eigenvalue weighted by atomic mass is 10.2. The van der Waals surface area contributed by atoms with E-state index in [0.717, 1.165) is 14.6 Å². The van der Waals surface area contributed by atoms with Crippen LogP contribution in [0, 0.1) is 0 Å². The molecule has 72 valence electrons. The Hall–Kier alpha value is -0.580. The molecule has 0 fully saturated rings. The van der Waals surface area contributed by atoms with Gasteiger partial charge >= 0.3 is 5.97 Å². The van der Waals surface area contributed by atoms with Gasteiger partial charge in [-0.2, -0.15) is 0 Å². The first kappa shape index (κ1) is 9.96. The molecule has 0 amide bonds. The maximum Gasteiger partial charge on any atom is 0.345 e. The minimum absolute atomic E-state index is 0.322. The third kappa shape index (κ3) is 1.65. The molecule has 0 aliphatic rings. The van der Waals surface area contributed by atoms with Gasteiger partial charge < -0.3 is 5.11 Å². The molecule has 0 saturated heterocycles. The van der Waals surface area contributed by atoms with E-state index < -0.39 is 5.97 Å². The van der Waals surface area contributed by atoms with Crippen LogP contribution in [-0.2, 0) is 0 Å². The van der Waals surface area contributed by atoms with Crippen molar-refractivity contribution in [1.82, 2.24) is 0 Å². The topological polar surface area (TPSA) is 37.3 Å². The Kier molecular flexibility index (Phi) is 2.51. The fraction of sp³-hybridized carbons (Fsp3) is 0. The van der Waals surface area contributed by atoms with E-state index in [9.17, 15) is 4.79 Å². The normalized spacial score (nSPS) is 10.7. The molecular formula is C9H4BrClO2S. The van der Waals surface area contributed by atoms with Crippen LogP contribution in [-0.4, -0.2) is 11.1 Å². The number of benzene rings is 1. The first-order chi connectivity index (χ1) is 6.58. The Morgan fingerprint density at radius 2 is 2.14 bits per heavy atom. The Labute approximate surface area is 97.2 Å². The van der Waals surface area contributed by atoms with Gasteiger partial charge in [-0.3, -0.25) is 0 Å². The summed E-state index contributed by atoms with van der Waals surface area (Å²) in [7, 11) is 0. The van der Waals surface area contributed by atoms with Crippen molar-refractivity contribution in [1.29, 1.82) is 0 Å². The minimum Gasteiger partial charge on any atom is -0.477 e. The van der Waals surface area contributed by atoms with Crippen LogP contribution in [0.25, 0.3) is 10.1 Å². The summed E-state index contributed by atoms with van der Waals surface area (Å²) in [6.45, 7) is 0. The molecule has 0 unspecified atom stereocenters. The largest absolute Gasteiger partial charge is 0.477 e. The monoisotopic (exact) mass is 290 g/mol. The van der Waals surface area contributed by atoms with E-state index in [1.807, 2.05) is 0 Å². The number of carboxylic acid groups (broad SMARTS) is 1. The van der Waals surface area contributed by atoms with E-state index in [1.54, 1.807) is 18.2 Å². The average molecular weight is 292 g/mol. The fourth-order valence-electron chi connectivity index (χ4n) is 1.18. The highest BCUT2D eigenvalue weighted by Gasteiger charge is 2.10. The first-order valence-electron chi connectivity index (χ1n) is 3.70. The zero-order valence-corrected chi connectivity index (χ0v) is 9.91. The molecule has 2 rings (SSSR count). The van der Waals surface area contributed by atoms with Gasteiger partial charge in [-0.1, -0.05) is 11.6 Å². The van der Waals surface area contributed by atoms with Crippen molar-refractivity contribution in [3.8, 4) is 0 Å². The number of aromatic carboxylic acids is 1. The molecule has 0 aliphatic heterocycles. The van der Waals surface area contributed by atoms with E-state index in [0.29, 0.717) is 9.90 Å². The molecular weight excluding hydrogens is 288 g/mol. The Balaban J connectivity index is 2.76. The maximum atomic E-state index is 10.7. The SMILES string of the molecule is O=C(O)c1cc2cc(Cl)cc(Br)c2s1. The molecule has 2 aromatic rings. The molecule has 2 nitrogen and oxygen atoms in total. The number of hydrogen-bond acceptors (Lipinski definition) is 2. The maximum absolute atomic E-state index is 10.7. The Morgan fingerprint density at radius 1 is 1.43 bits per heavy atom. The summed E-state index contributed by atoms with van der Waals surface area (Å²) in [6, 6.07) is 5.13. The molecule has 14 heavy (non-hydrogen) atoms. The second kappa shape index (κ2) is 3.53. The summed E-state index contributed by atoms with van der Waals surface area (Å²) in [6.07, 6.45) is 0. The van der Waals surface area contributed by atoms with Crippen LogP contribution in [0.1, 0.15) is 9.67 Å². The highest BCUT2D eigenvalue weighted by Crippen LogP contribution is 2.34. The van der Waals surface area contributed by atoms with Crippen molar-refractivity contribution < 1.29 is 9.90 Å². The van der Waals surface area contributed by atoms with Crippen LogP contribution < -0.4 is 0 Å². The van der Waals surface area contributed by atoms with Gasteiger partial charge in [0, 0.05) is 14.2 Å². The lowest BCUT2D eigenvalue weighted by Gasteiger charge is -1.93. The van der Waals surface area contributed by atoms with Crippen LogP contribution in [0.15, 0.2) is 22.7 Å². The predicted molar refractivity (Wildman–Crippen MR) is 61.5 cm³/mol. The van der Waals surface area contributed by atoms with Crippen LogP contribution in [0.4, 0.5) is 0 Å². The first-order valence-corrected chi connectivity index (χ1v) is 5.68. The van der Waals surface area contributed by atoms with Gasteiger partial charge in [0.15, 0.2) is 0 Å². The predicted octanol–water partition coefficient (Wildman–Crippen LogP) is 4.02. The molecule has 0 spiro atoms. The van der Waals surface area contributed by atoms with Gasteiger partial charge in [0.25, 0.3) is 0 Å². The van der Waals surface area contributed by atoms with Crippen molar-refractivity contribution in [2.75, 3.05) is 0 Å². The molecule has 0 saturated carbocycles. The quantitative estimate of drug-likeness (QED) is 0.862. The lowest BCUT2D eigenvalue weighted by Crippen LogP contribution is -1.89. The summed E-state index contributed by atoms with van der Waals surface area (Å²) in [5.41, 5.74) is 0. The van der Waals surface area contributed by atoms with Gasteiger partial charge in [-0.15, -0.1) is 11.3 Å². The molecule has 1 aromatic heterocycles. The molecule has 5 heteroatoms. The summed E-state index contributed by atoms with van der Waals surface area (Å²) < 4.78 is 1.74. The summed E-state index contributed by atoms with van der Waals surface area (Å²) in [5.74, 6) is -0.908. The van der Waals surface area contributed by atoms with Gasteiger partial charge in [0.1, 0.15) is 4.88 Å². The Bertz CT molecular complexity index is 521. The second-order valence-electron chi connectivity index (χ2n) is 2.72. The summed E-state index contributed by atoms with van der Waals surface area (Å²) in [4.78, 5) is 11.1. The molecule has 1 aromatic carbocycles. The summed E-state index contributed by atoms with van der Waals surface area (Å²) in [5, 5.41) is 10.3. The van der Waals surface area contributed by atoms with Gasteiger partial charge in [-0.05, 0) is 39.5 Å². The van der Waals surface area contributed by atoms with Crippen molar-refractivity contribution in [2.45, 2.75) is 0 Å². The fourth-order valence-corrected chi connectivity index (χ4v) is 3.14. The van der Waals surface area contributed by atoms with Gasteiger partial charge in [0.05, 0.1) is 0 Å². The molecule has 0 radical (unpaired) electrons. The van der Waals surface area contributed by atoms with Crippen molar-refractivity contribution in [3.63, 3.8) is 0 Å². The van der Waals surface area contributed by atoms with E-state index >= 15 is 0 Å². The highest BCUT2D eigenvalue weighted by atomic mass is 79.9. The van der Waals surface area contributed by atoms with Crippen molar-refractivity contribution >= 4 is 54.9 Å². The number of hydrogen-bond donors (Lipinski definition) is 1. The van der Waals surface area contributed by atoms with Crippen LogP contribution in [0.2, 0.25) is 5.02 Å². The van der Waals surface area contributed by atoms with Crippen LogP contribution in [0.3, 0.4) is 0 Å². The number of carboxylic acids is 1. The minimum atomic E-state index is -0.908. The number of thiophene rings is 1. The molecule has 0 bridgehead atoms. The van der Waals surface area contributed by atoms with Crippen LogP contribution >= 0.6 is 38.9 Å².